The van der Waals surface area contributed by atoms with Crippen LogP contribution in [0, 0.1) is 23.0 Å². The topological polar surface area (TPSA) is 46.5 Å². The molecular weight excluding hydrogens is 266 g/mol. The number of ether oxygens (including phenoxy) is 1. The number of carboxylic acid groups (broad SMARTS) is 1. The van der Waals surface area contributed by atoms with E-state index in [2.05, 4.69) is 0 Å². The summed E-state index contributed by atoms with van der Waals surface area (Å²) in [6.07, 6.45) is 1.84. The van der Waals surface area contributed by atoms with E-state index in [9.17, 15) is 18.7 Å². The largest absolute Gasteiger partial charge is 0.481 e. The van der Waals surface area contributed by atoms with Crippen molar-refractivity contribution in [2.24, 2.45) is 11.3 Å². The van der Waals surface area contributed by atoms with Gasteiger partial charge in [0.2, 0.25) is 0 Å². The number of carbonyl (C=O) groups is 1. The summed E-state index contributed by atoms with van der Waals surface area (Å²) in [4.78, 5) is 11.8. The van der Waals surface area contributed by atoms with Crippen molar-refractivity contribution < 1.29 is 23.4 Å². The maximum absolute atomic E-state index is 13.8. The molecule has 2 unspecified atom stereocenters. The summed E-state index contributed by atoms with van der Waals surface area (Å²) in [5.41, 5.74) is -1.01. The molecule has 2 aliphatic rings. The lowest BCUT2D eigenvalue weighted by Gasteiger charge is -2.30. The monoisotopic (exact) mass is 282 g/mol. The molecule has 3 nitrogen and oxygen atoms in total. The molecule has 1 aliphatic carbocycles. The molecule has 108 valence electrons. The van der Waals surface area contributed by atoms with E-state index in [0.29, 0.717) is 13.0 Å². The highest BCUT2D eigenvalue weighted by molar-refractivity contribution is 5.76. The van der Waals surface area contributed by atoms with Gasteiger partial charge < -0.3 is 9.84 Å². The molecule has 2 atom stereocenters. The first-order valence-corrected chi connectivity index (χ1v) is 6.82. The summed E-state index contributed by atoms with van der Waals surface area (Å²) < 4.78 is 32.7. The van der Waals surface area contributed by atoms with E-state index in [4.69, 9.17) is 4.74 Å². The van der Waals surface area contributed by atoms with E-state index in [1.807, 2.05) is 0 Å². The molecular formula is C15H16F2O3. The lowest BCUT2D eigenvalue weighted by molar-refractivity contribution is -0.153. The van der Waals surface area contributed by atoms with Gasteiger partial charge in [-0.15, -0.1) is 0 Å². The van der Waals surface area contributed by atoms with Crippen LogP contribution in [-0.4, -0.2) is 23.8 Å². The van der Waals surface area contributed by atoms with Gasteiger partial charge in [-0.3, -0.25) is 4.79 Å². The first-order valence-electron chi connectivity index (χ1n) is 6.82. The minimum absolute atomic E-state index is 0.0207. The van der Waals surface area contributed by atoms with Crippen LogP contribution in [0.1, 0.15) is 24.8 Å². The van der Waals surface area contributed by atoms with E-state index in [1.165, 1.54) is 0 Å². The van der Waals surface area contributed by atoms with Crippen LogP contribution in [0.15, 0.2) is 18.2 Å². The Hall–Kier alpha value is -1.49. The first-order chi connectivity index (χ1) is 9.53. The summed E-state index contributed by atoms with van der Waals surface area (Å²) in [5, 5.41) is 9.64. The van der Waals surface area contributed by atoms with Gasteiger partial charge in [-0.2, -0.15) is 0 Å². The molecule has 0 bridgehead atoms. The molecule has 1 N–H and O–H groups in total. The normalized spacial score (nSPS) is 29.6. The fourth-order valence-corrected chi connectivity index (χ4v) is 3.17. The van der Waals surface area contributed by atoms with E-state index in [-0.39, 0.29) is 24.0 Å². The molecule has 1 aliphatic heterocycles. The van der Waals surface area contributed by atoms with Gasteiger partial charge in [-0.1, -0.05) is 0 Å². The van der Waals surface area contributed by atoms with Gasteiger partial charge in [0.1, 0.15) is 17.0 Å². The zero-order chi connectivity index (χ0) is 14.3. The molecule has 0 amide bonds. The van der Waals surface area contributed by atoms with E-state index >= 15 is 0 Å². The van der Waals surface area contributed by atoms with Gasteiger partial charge in [-0.25, -0.2) is 8.78 Å². The summed E-state index contributed by atoms with van der Waals surface area (Å²) in [7, 11) is 0. The maximum atomic E-state index is 13.8. The van der Waals surface area contributed by atoms with Gasteiger partial charge in [0.25, 0.3) is 0 Å². The third kappa shape index (κ3) is 2.20. The Kier molecular flexibility index (Phi) is 3.24. The quantitative estimate of drug-likeness (QED) is 0.923. The molecule has 5 heteroatoms. The summed E-state index contributed by atoms with van der Waals surface area (Å²) >= 11 is 0. The standard InChI is InChI=1S/C15H16F2O3/c16-11-3-4-12(17)10(7-11)8-15(14(18)19)5-6-20-13(15)9-1-2-9/h3-4,7,9,13H,1-2,5-6,8H2,(H,18,19). The average molecular weight is 282 g/mol. The van der Waals surface area contributed by atoms with Crippen LogP contribution in [0.25, 0.3) is 0 Å². The number of halogens is 2. The highest BCUT2D eigenvalue weighted by atomic mass is 19.1. The molecule has 1 aromatic rings. The Morgan fingerprint density at radius 3 is 2.80 bits per heavy atom. The Morgan fingerprint density at radius 1 is 1.40 bits per heavy atom. The van der Waals surface area contributed by atoms with Crippen molar-refractivity contribution in [3.8, 4) is 0 Å². The SMILES string of the molecule is O=C(O)C1(Cc2cc(F)ccc2F)CCOC1C1CC1. The van der Waals surface area contributed by atoms with Crippen LogP contribution in [0.3, 0.4) is 0 Å². The second-order valence-corrected chi connectivity index (χ2v) is 5.75. The van der Waals surface area contributed by atoms with Crippen molar-refractivity contribution >= 4 is 5.97 Å². The van der Waals surface area contributed by atoms with Crippen LogP contribution in [0.2, 0.25) is 0 Å². The minimum Gasteiger partial charge on any atom is -0.481 e. The van der Waals surface area contributed by atoms with Crippen LogP contribution in [0.4, 0.5) is 8.78 Å². The number of benzene rings is 1. The first kappa shape index (κ1) is 13.5. The fourth-order valence-electron chi connectivity index (χ4n) is 3.17. The van der Waals surface area contributed by atoms with Crippen LogP contribution >= 0.6 is 0 Å². The number of carboxylic acids is 1. The van der Waals surface area contributed by atoms with Crippen molar-refractivity contribution in [1.82, 2.24) is 0 Å². The molecule has 1 heterocycles. The number of rotatable bonds is 4. The third-order valence-corrected chi connectivity index (χ3v) is 4.38. The van der Waals surface area contributed by atoms with Gasteiger partial charge in [0, 0.05) is 6.61 Å². The summed E-state index contributed by atoms with van der Waals surface area (Å²) in [5.74, 6) is -1.85. The Bertz CT molecular complexity index is 542. The predicted molar refractivity (Wildman–Crippen MR) is 67.2 cm³/mol. The second-order valence-electron chi connectivity index (χ2n) is 5.75. The molecule has 1 aromatic carbocycles. The molecule has 1 saturated carbocycles. The van der Waals surface area contributed by atoms with Gasteiger partial charge in [0.15, 0.2) is 0 Å². The van der Waals surface area contributed by atoms with Crippen molar-refractivity contribution in [2.45, 2.75) is 31.8 Å². The average Bonchev–Trinajstić information content (AvgIpc) is 3.15. The zero-order valence-corrected chi connectivity index (χ0v) is 10.9. The highest BCUT2D eigenvalue weighted by Gasteiger charge is 2.56. The second kappa shape index (κ2) is 4.81. The van der Waals surface area contributed by atoms with Crippen molar-refractivity contribution in [1.29, 1.82) is 0 Å². The molecule has 0 aromatic heterocycles. The smallest absolute Gasteiger partial charge is 0.312 e. The third-order valence-electron chi connectivity index (χ3n) is 4.38. The Labute approximate surface area is 115 Å². The molecule has 3 rings (SSSR count). The highest BCUT2D eigenvalue weighted by Crippen LogP contribution is 2.49. The van der Waals surface area contributed by atoms with E-state index in [1.54, 1.807) is 0 Å². The molecule has 2 fully saturated rings. The molecule has 0 spiro atoms. The molecule has 1 saturated heterocycles. The number of hydrogen-bond acceptors (Lipinski definition) is 2. The van der Waals surface area contributed by atoms with Crippen LogP contribution < -0.4 is 0 Å². The summed E-state index contributed by atoms with van der Waals surface area (Å²) in [6.45, 7) is 0.365. The van der Waals surface area contributed by atoms with E-state index in [0.717, 1.165) is 31.0 Å². The van der Waals surface area contributed by atoms with E-state index < -0.39 is 23.0 Å². The Balaban J connectivity index is 1.95. The minimum atomic E-state index is -1.13. The zero-order valence-electron chi connectivity index (χ0n) is 10.9. The van der Waals surface area contributed by atoms with Gasteiger partial charge in [0.05, 0.1) is 6.10 Å². The summed E-state index contributed by atoms with van der Waals surface area (Å²) in [6, 6.07) is 3.17. The maximum Gasteiger partial charge on any atom is 0.312 e. The molecule has 0 radical (unpaired) electrons. The lowest BCUT2D eigenvalue weighted by Crippen LogP contribution is -2.42. The molecule has 20 heavy (non-hydrogen) atoms. The van der Waals surface area contributed by atoms with Crippen LogP contribution in [-0.2, 0) is 16.0 Å². The van der Waals surface area contributed by atoms with Crippen molar-refractivity contribution in [2.75, 3.05) is 6.61 Å². The number of hydrogen-bond donors (Lipinski definition) is 1. The van der Waals surface area contributed by atoms with Crippen molar-refractivity contribution in [3.05, 3.63) is 35.4 Å². The van der Waals surface area contributed by atoms with Gasteiger partial charge in [-0.05, 0) is 55.4 Å². The number of aliphatic carboxylic acids is 1. The van der Waals surface area contributed by atoms with Crippen molar-refractivity contribution in [3.63, 3.8) is 0 Å². The Morgan fingerprint density at radius 2 is 2.15 bits per heavy atom. The predicted octanol–water partition coefficient (Wildman–Crippen LogP) is 2.78. The van der Waals surface area contributed by atoms with Gasteiger partial charge >= 0.3 is 5.97 Å². The lowest BCUT2D eigenvalue weighted by atomic mass is 9.74. The van der Waals surface area contributed by atoms with Crippen LogP contribution in [0.5, 0.6) is 0 Å². The fraction of sp³-hybridized carbons (Fsp3) is 0.533.